The molecule has 24 heavy (non-hydrogen) atoms. The maximum absolute atomic E-state index is 12.6. The topological polar surface area (TPSA) is 71.1 Å². The largest absolute Gasteiger partial charge is 0.336 e. The van der Waals surface area contributed by atoms with Gasteiger partial charge in [0.1, 0.15) is 0 Å². The minimum atomic E-state index is -0.105. The molecule has 0 N–H and O–H groups in total. The van der Waals surface area contributed by atoms with Crippen LogP contribution in [0.5, 0.6) is 0 Å². The van der Waals surface area contributed by atoms with Gasteiger partial charge < -0.3 is 4.90 Å². The summed E-state index contributed by atoms with van der Waals surface area (Å²) >= 11 is 0. The lowest BCUT2D eigenvalue weighted by atomic mass is 10.0. The third-order valence-corrected chi connectivity index (χ3v) is 4.39. The van der Waals surface area contributed by atoms with Gasteiger partial charge in [-0.15, -0.1) is 0 Å². The number of nitriles is 2. The van der Waals surface area contributed by atoms with E-state index in [1.807, 2.05) is 30.9 Å². The Morgan fingerprint density at radius 2 is 1.75 bits per heavy atom. The highest BCUT2D eigenvalue weighted by molar-refractivity contribution is 5.94. The minimum Gasteiger partial charge on any atom is -0.336 e. The molecule has 1 amide bonds. The van der Waals surface area contributed by atoms with Crippen molar-refractivity contribution >= 4 is 5.91 Å². The molecule has 5 heteroatoms. The molecule has 1 aliphatic heterocycles. The van der Waals surface area contributed by atoms with Gasteiger partial charge in [0.15, 0.2) is 0 Å². The van der Waals surface area contributed by atoms with Crippen molar-refractivity contribution in [2.45, 2.75) is 26.7 Å². The van der Waals surface area contributed by atoms with E-state index in [1.54, 1.807) is 0 Å². The Morgan fingerprint density at radius 1 is 1.12 bits per heavy atom. The fourth-order valence-electron chi connectivity index (χ4n) is 3.16. The molecule has 5 nitrogen and oxygen atoms in total. The fourth-order valence-corrected chi connectivity index (χ4v) is 3.16. The average Bonchev–Trinajstić information content (AvgIpc) is 2.57. The highest BCUT2D eigenvalue weighted by Crippen LogP contribution is 2.15. The van der Waals surface area contributed by atoms with Crippen molar-refractivity contribution in [3.63, 3.8) is 0 Å². The lowest BCUT2D eigenvalue weighted by Crippen LogP contribution is -2.49. The van der Waals surface area contributed by atoms with Crippen LogP contribution in [-0.4, -0.2) is 48.4 Å². The zero-order valence-electron chi connectivity index (χ0n) is 14.5. The van der Waals surface area contributed by atoms with Gasteiger partial charge in [-0.25, -0.2) is 0 Å². The van der Waals surface area contributed by atoms with E-state index >= 15 is 0 Å². The van der Waals surface area contributed by atoms with Crippen molar-refractivity contribution in [1.29, 1.82) is 10.5 Å². The van der Waals surface area contributed by atoms with Gasteiger partial charge in [0.2, 0.25) is 0 Å². The van der Waals surface area contributed by atoms with E-state index in [9.17, 15) is 10.1 Å². The third kappa shape index (κ3) is 4.81. The van der Waals surface area contributed by atoms with E-state index < -0.39 is 0 Å². The predicted octanol–water partition coefficient (Wildman–Crippen LogP) is 2.50. The Morgan fingerprint density at radius 3 is 2.29 bits per heavy atom. The number of rotatable bonds is 5. The predicted molar refractivity (Wildman–Crippen MR) is 92.2 cm³/mol. The summed E-state index contributed by atoms with van der Waals surface area (Å²) in [6.45, 7) is 7.62. The van der Waals surface area contributed by atoms with Crippen LogP contribution >= 0.6 is 0 Å². The molecular formula is C19H24N4O. The van der Waals surface area contributed by atoms with E-state index in [0.29, 0.717) is 32.5 Å². The molecule has 0 spiro atoms. The molecule has 1 heterocycles. The second kappa shape index (κ2) is 8.47. The Balaban J connectivity index is 1.89. The first-order chi connectivity index (χ1) is 11.5. The summed E-state index contributed by atoms with van der Waals surface area (Å²) in [5.41, 5.74) is 2.96. The standard InChI is InChI=1S/C19H24N4O/c1-15-10-16(2)12-18(11-15)19(24)23-8-6-22(7-9-23)14-17(13-21)4-3-5-20/h10-12,17H,3-4,6-9,14H2,1-2H3/t17-/m1/s1. The first-order valence-electron chi connectivity index (χ1n) is 8.40. The summed E-state index contributed by atoms with van der Waals surface area (Å²) in [4.78, 5) is 16.8. The van der Waals surface area contributed by atoms with E-state index in [4.69, 9.17) is 5.26 Å². The summed E-state index contributed by atoms with van der Waals surface area (Å²) in [6.07, 6.45) is 1.04. The number of carbonyl (C=O) groups is 1. The number of piperazine rings is 1. The molecule has 1 aromatic rings. The Hall–Kier alpha value is -2.37. The molecule has 1 atom stereocenters. The Labute approximate surface area is 144 Å². The van der Waals surface area contributed by atoms with Gasteiger partial charge in [0.05, 0.1) is 18.1 Å². The maximum Gasteiger partial charge on any atom is 0.253 e. The molecule has 1 fully saturated rings. The van der Waals surface area contributed by atoms with Crippen LogP contribution in [0.15, 0.2) is 18.2 Å². The maximum atomic E-state index is 12.6. The quantitative estimate of drug-likeness (QED) is 0.834. The SMILES string of the molecule is Cc1cc(C)cc(C(=O)N2CCN(C[C@@H](C#N)CCC#N)CC2)c1. The number of hydrogen-bond acceptors (Lipinski definition) is 4. The molecule has 1 saturated heterocycles. The molecule has 1 aromatic carbocycles. The Kier molecular flexibility index (Phi) is 6.35. The zero-order chi connectivity index (χ0) is 17.5. The van der Waals surface area contributed by atoms with Crippen LogP contribution < -0.4 is 0 Å². The van der Waals surface area contributed by atoms with E-state index in [2.05, 4.69) is 23.1 Å². The minimum absolute atomic E-state index is 0.0859. The number of hydrogen-bond donors (Lipinski definition) is 0. The van der Waals surface area contributed by atoms with E-state index in [0.717, 1.165) is 29.8 Å². The van der Waals surface area contributed by atoms with Crippen molar-refractivity contribution in [1.82, 2.24) is 9.80 Å². The van der Waals surface area contributed by atoms with Crippen molar-refractivity contribution in [2.75, 3.05) is 32.7 Å². The highest BCUT2D eigenvalue weighted by Gasteiger charge is 2.24. The summed E-state index contributed by atoms with van der Waals surface area (Å²) < 4.78 is 0. The molecular weight excluding hydrogens is 300 g/mol. The Bertz CT molecular complexity index is 643. The van der Waals surface area contributed by atoms with Crippen molar-refractivity contribution < 1.29 is 4.79 Å². The number of amides is 1. The van der Waals surface area contributed by atoms with E-state index in [-0.39, 0.29) is 11.8 Å². The van der Waals surface area contributed by atoms with Crippen LogP contribution in [0.1, 0.15) is 34.3 Å². The van der Waals surface area contributed by atoms with Gasteiger partial charge in [-0.3, -0.25) is 9.69 Å². The summed E-state index contributed by atoms with van der Waals surface area (Å²) in [5.74, 6) is -0.0194. The molecule has 0 bridgehead atoms. The molecule has 126 valence electrons. The van der Waals surface area contributed by atoms with Crippen LogP contribution in [-0.2, 0) is 0 Å². The van der Waals surface area contributed by atoms with E-state index in [1.165, 1.54) is 0 Å². The lowest BCUT2D eigenvalue weighted by Gasteiger charge is -2.35. The first-order valence-corrected chi connectivity index (χ1v) is 8.40. The van der Waals surface area contributed by atoms with Crippen molar-refractivity contribution in [3.8, 4) is 12.1 Å². The smallest absolute Gasteiger partial charge is 0.253 e. The first kappa shape index (κ1) is 18.0. The summed E-state index contributed by atoms with van der Waals surface area (Å²) in [5, 5.41) is 17.8. The number of carbonyl (C=O) groups excluding carboxylic acids is 1. The average molecular weight is 324 g/mol. The van der Waals surface area contributed by atoms with Crippen LogP contribution in [0, 0.1) is 42.4 Å². The van der Waals surface area contributed by atoms with Crippen molar-refractivity contribution in [2.24, 2.45) is 5.92 Å². The molecule has 0 radical (unpaired) electrons. The van der Waals surface area contributed by atoms with Crippen LogP contribution in [0.2, 0.25) is 0 Å². The molecule has 1 aliphatic rings. The third-order valence-electron chi connectivity index (χ3n) is 4.39. The van der Waals surface area contributed by atoms with Crippen LogP contribution in [0.3, 0.4) is 0 Å². The number of aryl methyl sites for hydroxylation is 2. The summed E-state index contributed by atoms with van der Waals surface area (Å²) in [7, 11) is 0. The highest BCUT2D eigenvalue weighted by atomic mass is 16.2. The summed E-state index contributed by atoms with van der Waals surface area (Å²) in [6, 6.07) is 10.3. The second-order valence-corrected chi connectivity index (χ2v) is 6.49. The molecule has 0 unspecified atom stereocenters. The lowest BCUT2D eigenvalue weighted by molar-refractivity contribution is 0.0625. The molecule has 2 rings (SSSR count). The monoisotopic (exact) mass is 324 g/mol. The molecule has 0 aliphatic carbocycles. The van der Waals surface area contributed by atoms with Gasteiger partial charge >= 0.3 is 0 Å². The number of nitrogens with zero attached hydrogens (tertiary/aromatic N) is 4. The van der Waals surface area contributed by atoms with Gasteiger partial charge in [0.25, 0.3) is 5.91 Å². The van der Waals surface area contributed by atoms with Crippen LogP contribution in [0.25, 0.3) is 0 Å². The van der Waals surface area contributed by atoms with Crippen LogP contribution in [0.4, 0.5) is 0 Å². The molecule has 0 saturated carbocycles. The van der Waals surface area contributed by atoms with Gasteiger partial charge in [-0.1, -0.05) is 17.2 Å². The number of benzene rings is 1. The zero-order valence-corrected chi connectivity index (χ0v) is 14.5. The van der Waals surface area contributed by atoms with Gasteiger partial charge in [-0.2, -0.15) is 10.5 Å². The van der Waals surface area contributed by atoms with Gasteiger partial charge in [-0.05, 0) is 32.4 Å². The molecule has 0 aromatic heterocycles. The van der Waals surface area contributed by atoms with Crippen molar-refractivity contribution in [3.05, 3.63) is 34.9 Å². The normalized spacial score (nSPS) is 16.2. The second-order valence-electron chi connectivity index (χ2n) is 6.49. The fraction of sp³-hybridized carbons (Fsp3) is 0.526. The van der Waals surface area contributed by atoms with Gasteiger partial charge in [0, 0.05) is 44.7 Å².